The minimum absolute atomic E-state index is 0. The number of hydrogen-bond donors (Lipinski definition) is 1. The van der Waals surface area contributed by atoms with E-state index in [1.807, 2.05) is 0 Å². The van der Waals surface area contributed by atoms with E-state index in [1.165, 1.54) is 11.1 Å². The van der Waals surface area contributed by atoms with Crippen LogP contribution >= 0.6 is 12.4 Å². The van der Waals surface area contributed by atoms with Crippen LogP contribution in [-0.4, -0.2) is 30.6 Å². The van der Waals surface area contributed by atoms with Crippen LogP contribution < -0.4 is 5.73 Å². The second-order valence-electron chi connectivity index (χ2n) is 6.40. The highest BCUT2D eigenvalue weighted by molar-refractivity contribution is 5.85. The number of halogens is 1. The maximum Gasteiger partial charge on any atom is 0.0115 e. The molecule has 1 aliphatic rings. The number of nitrogens with two attached hydrogens (primary N) is 1. The van der Waals surface area contributed by atoms with Crippen molar-refractivity contribution in [3.05, 3.63) is 35.4 Å². The molecule has 0 radical (unpaired) electrons. The lowest BCUT2D eigenvalue weighted by Crippen LogP contribution is -2.52. The van der Waals surface area contributed by atoms with Crippen molar-refractivity contribution in [1.82, 2.24) is 4.90 Å². The normalized spacial score (nSPS) is 22.8. The molecule has 1 saturated heterocycles. The Morgan fingerprint density at radius 3 is 2.47 bits per heavy atom. The van der Waals surface area contributed by atoms with Gasteiger partial charge in [0.2, 0.25) is 0 Å². The lowest BCUT2D eigenvalue weighted by molar-refractivity contribution is 0.0965. The molecule has 19 heavy (non-hydrogen) atoms. The number of benzene rings is 1. The number of aryl methyl sites for hydroxylation is 1. The zero-order valence-electron chi connectivity index (χ0n) is 12.4. The molecule has 0 saturated carbocycles. The largest absolute Gasteiger partial charge is 0.327 e. The van der Waals surface area contributed by atoms with Gasteiger partial charge in [-0.25, -0.2) is 0 Å². The summed E-state index contributed by atoms with van der Waals surface area (Å²) < 4.78 is 0. The van der Waals surface area contributed by atoms with Crippen molar-refractivity contribution in [2.75, 3.05) is 19.6 Å². The van der Waals surface area contributed by atoms with E-state index >= 15 is 0 Å². The van der Waals surface area contributed by atoms with Crippen molar-refractivity contribution < 1.29 is 0 Å². The van der Waals surface area contributed by atoms with Gasteiger partial charge in [-0.15, -0.1) is 12.4 Å². The highest BCUT2D eigenvalue weighted by Crippen LogP contribution is 2.27. The van der Waals surface area contributed by atoms with Crippen LogP contribution in [0, 0.1) is 12.3 Å². The van der Waals surface area contributed by atoms with E-state index in [1.54, 1.807) is 0 Å². The fraction of sp³-hybridized carbons (Fsp3) is 0.625. The lowest BCUT2D eigenvalue weighted by atomic mass is 9.79. The summed E-state index contributed by atoms with van der Waals surface area (Å²) in [5, 5.41) is 0. The van der Waals surface area contributed by atoms with Gasteiger partial charge in [0.05, 0.1) is 0 Å². The summed E-state index contributed by atoms with van der Waals surface area (Å²) in [4.78, 5) is 2.56. The minimum Gasteiger partial charge on any atom is -0.327 e. The molecule has 0 amide bonds. The number of nitrogens with zero attached hydrogens (tertiary/aromatic N) is 1. The average molecular weight is 283 g/mol. The number of likely N-dealkylation sites (tertiary alicyclic amines) is 1. The molecule has 2 rings (SSSR count). The van der Waals surface area contributed by atoms with Crippen molar-refractivity contribution in [3.63, 3.8) is 0 Å². The van der Waals surface area contributed by atoms with Crippen LogP contribution in [0.2, 0.25) is 0 Å². The summed E-state index contributed by atoms with van der Waals surface area (Å²) >= 11 is 0. The van der Waals surface area contributed by atoms with Crippen molar-refractivity contribution in [3.8, 4) is 0 Å². The van der Waals surface area contributed by atoms with E-state index in [4.69, 9.17) is 5.73 Å². The van der Waals surface area contributed by atoms with Crippen molar-refractivity contribution in [2.45, 2.75) is 39.7 Å². The molecule has 1 aromatic rings. The zero-order valence-corrected chi connectivity index (χ0v) is 13.2. The summed E-state index contributed by atoms with van der Waals surface area (Å²) in [6.07, 6.45) is 2.27. The first-order valence-corrected chi connectivity index (χ1v) is 7.01. The Bertz CT molecular complexity index is 386. The van der Waals surface area contributed by atoms with E-state index in [0.717, 1.165) is 32.5 Å². The van der Waals surface area contributed by atoms with Crippen LogP contribution in [0.5, 0.6) is 0 Å². The number of piperidine rings is 1. The molecule has 1 fully saturated rings. The van der Waals surface area contributed by atoms with Gasteiger partial charge in [0.1, 0.15) is 0 Å². The Hall–Kier alpha value is -0.570. The second-order valence-corrected chi connectivity index (χ2v) is 6.40. The molecule has 1 heterocycles. The predicted molar refractivity (Wildman–Crippen MR) is 84.9 cm³/mol. The fourth-order valence-electron chi connectivity index (χ4n) is 2.72. The topological polar surface area (TPSA) is 29.3 Å². The number of rotatable bonds is 3. The van der Waals surface area contributed by atoms with Gasteiger partial charge >= 0.3 is 0 Å². The standard InChI is InChI=1S/C16H26N2.ClH/c1-13-4-6-14(7-5-13)8-10-18-11-9-15(17)16(2,3)12-18;/h4-7,15H,8-12,17H2,1-3H3;1H. The van der Waals surface area contributed by atoms with Crippen LogP contribution in [0.1, 0.15) is 31.4 Å². The minimum atomic E-state index is 0. The van der Waals surface area contributed by atoms with Crippen molar-refractivity contribution in [2.24, 2.45) is 11.1 Å². The third-order valence-corrected chi connectivity index (χ3v) is 4.23. The van der Waals surface area contributed by atoms with Crippen LogP contribution in [0.15, 0.2) is 24.3 Å². The lowest BCUT2D eigenvalue weighted by Gasteiger charge is -2.42. The first-order valence-electron chi connectivity index (χ1n) is 7.01. The number of hydrogen-bond acceptors (Lipinski definition) is 2. The second kappa shape index (κ2) is 6.74. The molecule has 1 atom stereocenters. The molecule has 2 N–H and O–H groups in total. The smallest absolute Gasteiger partial charge is 0.0115 e. The first kappa shape index (κ1) is 16.5. The molecule has 1 aliphatic heterocycles. The van der Waals surface area contributed by atoms with Gasteiger partial charge in [-0.2, -0.15) is 0 Å². The summed E-state index contributed by atoms with van der Waals surface area (Å²) in [6.45, 7) is 10.1. The monoisotopic (exact) mass is 282 g/mol. The van der Waals surface area contributed by atoms with E-state index in [9.17, 15) is 0 Å². The maximum atomic E-state index is 6.17. The van der Waals surface area contributed by atoms with Crippen LogP contribution in [0.4, 0.5) is 0 Å². The molecular weight excluding hydrogens is 256 g/mol. The average Bonchev–Trinajstić information content (AvgIpc) is 2.32. The van der Waals surface area contributed by atoms with Gasteiger partial charge in [0, 0.05) is 19.1 Å². The Kier molecular flexibility index (Phi) is 5.84. The summed E-state index contributed by atoms with van der Waals surface area (Å²) in [5.41, 5.74) is 9.20. The van der Waals surface area contributed by atoms with Crippen LogP contribution in [-0.2, 0) is 6.42 Å². The Balaban J connectivity index is 0.00000180. The van der Waals surface area contributed by atoms with Gasteiger partial charge in [-0.1, -0.05) is 43.7 Å². The highest BCUT2D eigenvalue weighted by Gasteiger charge is 2.32. The maximum absolute atomic E-state index is 6.17. The Morgan fingerprint density at radius 2 is 1.89 bits per heavy atom. The van der Waals surface area contributed by atoms with Gasteiger partial charge < -0.3 is 10.6 Å². The highest BCUT2D eigenvalue weighted by atomic mass is 35.5. The summed E-state index contributed by atoms with van der Waals surface area (Å²) in [6, 6.07) is 9.25. The molecular formula is C16H27ClN2. The van der Waals surface area contributed by atoms with E-state index in [0.29, 0.717) is 6.04 Å². The third-order valence-electron chi connectivity index (χ3n) is 4.23. The summed E-state index contributed by atoms with van der Waals surface area (Å²) in [7, 11) is 0. The Labute approximate surface area is 123 Å². The van der Waals surface area contributed by atoms with E-state index in [2.05, 4.69) is 49.9 Å². The summed E-state index contributed by atoms with van der Waals surface area (Å²) in [5.74, 6) is 0. The fourth-order valence-corrected chi connectivity index (χ4v) is 2.72. The van der Waals surface area contributed by atoms with E-state index < -0.39 is 0 Å². The van der Waals surface area contributed by atoms with E-state index in [-0.39, 0.29) is 17.8 Å². The van der Waals surface area contributed by atoms with Crippen molar-refractivity contribution >= 4 is 12.4 Å². The molecule has 0 bridgehead atoms. The van der Waals surface area contributed by atoms with Gasteiger partial charge in [0.25, 0.3) is 0 Å². The first-order chi connectivity index (χ1) is 8.47. The van der Waals surface area contributed by atoms with Crippen LogP contribution in [0.25, 0.3) is 0 Å². The molecule has 0 aromatic heterocycles. The SMILES string of the molecule is Cc1ccc(CCN2CCC(N)C(C)(C)C2)cc1.Cl. The zero-order chi connectivity index (χ0) is 13.2. The third kappa shape index (κ3) is 4.48. The Morgan fingerprint density at radius 1 is 1.26 bits per heavy atom. The van der Waals surface area contributed by atoms with Gasteiger partial charge in [0.15, 0.2) is 0 Å². The molecule has 0 spiro atoms. The molecule has 1 unspecified atom stereocenters. The van der Waals surface area contributed by atoms with Crippen LogP contribution in [0.3, 0.4) is 0 Å². The molecule has 1 aromatic carbocycles. The molecule has 108 valence electrons. The van der Waals surface area contributed by atoms with Crippen molar-refractivity contribution in [1.29, 1.82) is 0 Å². The quantitative estimate of drug-likeness (QED) is 0.923. The van der Waals surface area contributed by atoms with Gasteiger partial charge in [-0.3, -0.25) is 0 Å². The molecule has 2 nitrogen and oxygen atoms in total. The molecule has 3 heteroatoms. The van der Waals surface area contributed by atoms with Gasteiger partial charge in [-0.05, 0) is 37.3 Å². The molecule has 0 aliphatic carbocycles. The predicted octanol–water partition coefficient (Wildman–Crippen LogP) is 3.02.